The number of hydrogen-bond acceptors (Lipinski definition) is 5. The van der Waals surface area contributed by atoms with E-state index < -0.39 is 0 Å². The largest absolute Gasteiger partial charge is 0.376 e. The van der Waals surface area contributed by atoms with Crippen LogP contribution in [0.15, 0.2) is 18.6 Å². The van der Waals surface area contributed by atoms with Crippen LogP contribution >= 0.6 is 0 Å². The van der Waals surface area contributed by atoms with Crippen LogP contribution < -0.4 is 0 Å². The first-order chi connectivity index (χ1) is 12.3. The van der Waals surface area contributed by atoms with Crippen LogP contribution in [0.4, 0.5) is 0 Å². The Morgan fingerprint density at radius 2 is 2.32 bits per heavy atom. The number of nitrogens with zero attached hydrogens (tertiary/aromatic N) is 5. The van der Waals surface area contributed by atoms with Crippen molar-refractivity contribution >= 4 is 5.91 Å². The Labute approximate surface area is 147 Å². The smallest absolute Gasteiger partial charge is 0.273 e. The number of rotatable bonds is 3. The normalized spacial score (nSPS) is 20.4. The van der Waals surface area contributed by atoms with E-state index in [9.17, 15) is 4.79 Å². The molecule has 0 aromatic carbocycles. The van der Waals surface area contributed by atoms with Gasteiger partial charge in [-0.25, -0.2) is 9.97 Å². The Morgan fingerprint density at radius 3 is 3.12 bits per heavy atom. The van der Waals surface area contributed by atoms with Gasteiger partial charge in [-0.1, -0.05) is 0 Å². The van der Waals surface area contributed by atoms with E-state index >= 15 is 0 Å². The van der Waals surface area contributed by atoms with Gasteiger partial charge in [-0.3, -0.25) is 9.48 Å². The first-order valence-electron chi connectivity index (χ1n) is 9.02. The van der Waals surface area contributed by atoms with Crippen molar-refractivity contribution in [1.82, 2.24) is 24.6 Å². The van der Waals surface area contributed by atoms with Crippen LogP contribution in [0.2, 0.25) is 0 Å². The predicted octanol–water partition coefficient (Wildman–Crippen LogP) is 2.13. The highest BCUT2D eigenvalue weighted by Gasteiger charge is 2.34. The molecule has 4 rings (SSSR count). The van der Waals surface area contributed by atoms with Crippen molar-refractivity contribution in [2.24, 2.45) is 0 Å². The third kappa shape index (κ3) is 2.93. The number of piperidine rings is 1. The molecule has 2 aliphatic rings. The van der Waals surface area contributed by atoms with Gasteiger partial charge in [0.25, 0.3) is 5.91 Å². The van der Waals surface area contributed by atoms with Crippen molar-refractivity contribution in [3.8, 4) is 0 Å². The van der Waals surface area contributed by atoms with E-state index in [0.717, 1.165) is 51.1 Å². The van der Waals surface area contributed by atoms with Crippen LogP contribution in [0, 0.1) is 0 Å². The average molecular weight is 341 g/mol. The van der Waals surface area contributed by atoms with Gasteiger partial charge in [-0.05, 0) is 32.3 Å². The molecule has 4 heterocycles. The molecular weight excluding hydrogens is 318 g/mol. The van der Waals surface area contributed by atoms with Crippen LogP contribution in [-0.4, -0.2) is 43.7 Å². The van der Waals surface area contributed by atoms with Gasteiger partial charge in [0.1, 0.15) is 12.0 Å². The van der Waals surface area contributed by atoms with Gasteiger partial charge in [-0.2, -0.15) is 5.10 Å². The van der Waals surface area contributed by atoms with Crippen molar-refractivity contribution in [2.45, 2.75) is 51.8 Å². The average Bonchev–Trinajstić information content (AvgIpc) is 3.07. The number of ether oxygens (including phenoxy) is 1. The number of aryl methyl sites for hydroxylation is 1. The Hall–Kier alpha value is -2.28. The molecule has 0 N–H and O–H groups in total. The second kappa shape index (κ2) is 6.92. The van der Waals surface area contributed by atoms with Crippen molar-refractivity contribution in [2.75, 3.05) is 13.2 Å². The number of likely N-dealkylation sites (tertiary alicyclic amines) is 1. The summed E-state index contributed by atoms with van der Waals surface area (Å²) in [6, 6.07) is 1.68. The van der Waals surface area contributed by atoms with E-state index in [0.29, 0.717) is 12.3 Å². The zero-order chi connectivity index (χ0) is 17.2. The van der Waals surface area contributed by atoms with Gasteiger partial charge in [0.2, 0.25) is 0 Å². The van der Waals surface area contributed by atoms with Crippen molar-refractivity contribution in [3.05, 3.63) is 41.2 Å². The summed E-state index contributed by atoms with van der Waals surface area (Å²) < 4.78 is 7.77. The minimum atomic E-state index is -0.0383. The molecule has 0 aliphatic carbocycles. The summed E-state index contributed by atoms with van der Waals surface area (Å²) in [5, 5.41) is 4.87. The Bertz CT molecular complexity index is 758. The molecule has 1 unspecified atom stereocenters. The fraction of sp³-hybridized carbons (Fsp3) is 0.556. The second-order valence-corrected chi connectivity index (χ2v) is 6.53. The number of fused-ring (bicyclic) bond motifs is 1. The monoisotopic (exact) mass is 341 g/mol. The van der Waals surface area contributed by atoms with E-state index in [1.54, 1.807) is 12.3 Å². The molecule has 2 aromatic heterocycles. The number of carbonyl (C=O) groups excluding carboxylic acids is 1. The molecule has 1 atom stereocenters. The van der Waals surface area contributed by atoms with Gasteiger partial charge in [0.05, 0.1) is 24.9 Å². The molecule has 0 bridgehead atoms. The van der Waals surface area contributed by atoms with E-state index in [1.165, 1.54) is 17.6 Å². The molecule has 2 aliphatic heterocycles. The van der Waals surface area contributed by atoms with Gasteiger partial charge in [0, 0.05) is 37.0 Å². The van der Waals surface area contributed by atoms with Crippen molar-refractivity contribution in [1.29, 1.82) is 0 Å². The minimum Gasteiger partial charge on any atom is -0.376 e. The topological polar surface area (TPSA) is 73.1 Å². The van der Waals surface area contributed by atoms with Gasteiger partial charge in [0.15, 0.2) is 0 Å². The summed E-state index contributed by atoms with van der Waals surface area (Å²) in [5.41, 5.74) is 3.91. The molecule has 132 valence electrons. The highest BCUT2D eigenvalue weighted by atomic mass is 16.5. The van der Waals surface area contributed by atoms with Crippen LogP contribution in [0.3, 0.4) is 0 Å². The van der Waals surface area contributed by atoms with Gasteiger partial charge >= 0.3 is 0 Å². The third-order valence-electron chi connectivity index (χ3n) is 5.11. The fourth-order valence-electron chi connectivity index (χ4n) is 3.89. The molecule has 1 saturated heterocycles. The summed E-state index contributed by atoms with van der Waals surface area (Å²) in [6.07, 6.45) is 6.98. The Morgan fingerprint density at radius 1 is 1.40 bits per heavy atom. The lowest BCUT2D eigenvalue weighted by atomic mass is 9.95. The molecule has 7 heteroatoms. The summed E-state index contributed by atoms with van der Waals surface area (Å²) in [5.74, 6) is -0.0383. The van der Waals surface area contributed by atoms with Gasteiger partial charge < -0.3 is 9.64 Å². The molecule has 2 aromatic rings. The molecular formula is C18H23N5O2. The van der Waals surface area contributed by atoms with Crippen molar-refractivity contribution < 1.29 is 9.53 Å². The van der Waals surface area contributed by atoms with Crippen LogP contribution in [0.1, 0.15) is 59.7 Å². The highest BCUT2D eigenvalue weighted by Crippen LogP contribution is 2.35. The number of amides is 1. The number of aromatic nitrogens is 4. The molecule has 1 fully saturated rings. The quantitative estimate of drug-likeness (QED) is 0.855. The maximum atomic E-state index is 13.0. The van der Waals surface area contributed by atoms with Crippen LogP contribution in [0.5, 0.6) is 0 Å². The van der Waals surface area contributed by atoms with Crippen LogP contribution in [-0.2, 0) is 24.3 Å². The van der Waals surface area contributed by atoms with Crippen molar-refractivity contribution in [3.63, 3.8) is 0 Å². The molecule has 0 spiro atoms. The summed E-state index contributed by atoms with van der Waals surface area (Å²) in [6.45, 7) is 5.03. The lowest BCUT2D eigenvalue weighted by molar-refractivity contribution is 0.0590. The standard InChI is InChI=1S/C18H23N5O2/c1-2-23-15-7-10-25-11-13(15)17(21-23)16-5-3-4-9-22(16)18(24)14-6-8-19-12-20-14/h6,8,12,16H,2-5,7,9-11H2,1H3. The zero-order valence-electron chi connectivity index (χ0n) is 14.5. The number of hydrogen-bond donors (Lipinski definition) is 0. The Balaban J connectivity index is 1.70. The van der Waals surface area contributed by atoms with E-state index in [1.807, 2.05) is 4.90 Å². The summed E-state index contributed by atoms with van der Waals surface area (Å²) in [7, 11) is 0. The lowest BCUT2D eigenvalue weighted by Crippen LogP contribution is -2.39. The third-order valence-corrected chi connectivity index (χ3v) is 5.11. The molecule has 0 radical (unpaired) electrons. The SMILES string of the molecule is CCn1nc(C2CCCCN2C(=O)c2ccncn2)c2c1CCOC2. The number of carbonyl (C=O) groups is 1. The zero-order valence-corrected chi connectivity index (χ0v) is 14.5. The second-order valence-electron chi connectivity index (χ2n) is 6.53. The van der Waals surface area contributed by atoms with E-state index in [2.05, 4.69) is 21.6 Å². The van der Waals surface area contributed by atoms with Gasteiger partial charge in [-0.15, -0.1) is 0 Å². The maximum absolute atomic E-state index is 13.0. The highest BCUT2D eigenvalue weighted by molar-refractivity contribution is 5.92. The Kier molecular flexibility index (Phi) is 4.48. The lowest BCUT2D eigenvalue weighted by Gasteiger charge is -2.35. The molecule has 1 amide bonds. The molecule has 7 nitrogen and oxygen atoms in total. The summed E-state index contributed by atoms with van der Waals surface area (Å²) in [4.78, 5) is 23.0. The molecule has 25 heavy (non-hydrogen) atoms. The summed E-state index contributed by atoms with van der Waals surface area (Å²) >= 11 is 0. The van der Waals surface area contributed by atoms with E-state index in [4.69, 9.17) is 9.84 Å². The maximum Gasteiger partial charge on any atom is 0.273 e. The van der Waals surface area contributed by atoms with Crippen LogP contribution in [0.25, 0.3) is 0 Å². The first-order valence-corrected chi connectivity index (χ1v) is 9.02. The van der Waals surface area contributed by atoms with E-state index in [-0.39, 0.29) is 11.9 Å². The first kappa shape index (κ1) is 16.2. The molecule has 0 saturated carbocycles. The predicted molar refractivity (Wildman–Crippen MR) is 90.9 cm³/mol. The fourth-order valence-corrected chi connectivity index (χ4v) is 3.89. The minimum absolute atomic E-state index is 0.000495.